The van der Waals surface area contributed by atoms with Gasteiger partial charge in [0.2, 0.25) is 5.91 Å². The smallest absolute Gasteiger partial charge is 0.318 e. The minimum Gasteiger partial charge on any atom is -0.462 e. The number of carbonyl (C=O) groups excluding carboxylic acids is 1. The van der Waals surface area contributed by atoms with Crippen LogP contribution in [0.1, 0.15) is 30.5 Å². The Morgan fingerprint density at radius 1 is 1.19 bits per heavy atom. The number of benzene rings is 2. The Labute approximate surface area is 256 Å². The SMILES string of the molecule is C=CC(=O)N1CCN(c2nc(OC[C@@H]3CCCN3C)nc3c2CCN(c2cccc4ccc(F)c(Cl)c24)C3)C[C@@H]1CC#N. The number of piperazine rings is 1. The van der Waals surface area contributed by atoms with E-state index in [-0.39, 0.29) is 23.4 Å². The number of rotatable bonds is 7. The van der Waals surface area contributed by atoms with Gasteiger partial charge in [0.25, 0.3) is 0 Å². The summed E-state index contributed by atoms with van der Waals surface area (Å²) in [6.07, 6.45) is 4.38. The molecule has 0 radical (unpaired) electrons. The van der Waals surface area contributed by atoms with Gasteiger partial charge in [-0.25, -0.2) is 4.39 Å². The number of amides is 1. The van der Waals surface area contributed by atoms with Crippen molar-refractivity contribution in [1.29, 1.82) is 5.26 Å². The maximum absolute atomic E-state index is 14.5. The molecular weight excluding hydrogens is 569 g/mol. The van der Waals surface area contributed by atoms with E-state index in [0.29, 0.717) is 63.2 Å². The summed E-state index contributed by atoms with van der Waals surface area (Å²) in [5, 5.41) is 11.2. The lowest BCUT2D eigenvalue weighted by Gasteiger charge is -2.42. The molecule has 0 N–H and O–H groups in total. The number of halogens is 2. The number of ether oxygens (including phenoxy) is 1. The van der Waals surface area contributed by atoms with Crippen LogP contribution in [0.25, 0.3) is 10.8 Å². The van der Waals surface area contributed by atoms with Crippen LogP contribution >= 0.6 is 11.6 Å². The van der Waals surface area contributed by atoms with E-state index in [1.54, 1.807) is 11.0 Å². The van der Waals surface area contributed by atoms with Gasteiger partial charge in [-0.1, -0.05) is 36.4 Å². The van der Waals surface area contributed by atoms with Crippen molar-refractivity contribution in [3.63, 3.8) is 0 Å². The molecule has 3 aliphatic rings. The summed E-state index contributed by atoms with van der Waals surface area (Å²) in [5.41, 5.74) is 2.73. The van der Waals surface area contributed by atoms with Crippen molar-refractivity contribution in [2.24, 2.45) is 0 Å². The molecule has 2 saturated heterocycles. The first-order chi connectivity index (χ1) is 20.9. The quantitative estimate of drug-likeness (QED) is 0.363. The normalized spacial score (nSPS) is 20.7. The van der Waals surface area contributed by atoms with E-state index in [9.17, 15) is 14.4 Å². The number of hydrogen-bond acceptors (Lipinski definition) is 8. The van der Waals surface area contributed by atoms with Crippen LogP contribution in [0.5, 0.6) is 6.01 Å². The summed E-state index contributed by atoms with van der Waals surface area (Å²) >= 11 is 6.49. The molecule has 0 bridgehead atoms. The average molecular weight is 604 g/mol. The topological polar surface area (TPSA) is 88.8 Å². The number of nitrogens with zero attached hydrogens (tertiary/aromatic N) is 7. The first kappa shape index (κ1) is 29.1. The molecule has 0 unspecified atom stereocenters. The predicted octanol–water partition coefficient (Wildman–Crippen LogP) is 4.57. The first-order valence-electron chi connectivity index (χ1n) is 14.8. The lowest BCUT2D eigenvalue weighted by Crippen LogP contribution is -2.55. The van der Waals surface area contributed by atoms with Gasteiger partial charge in [-0.15, -0.1) is 0 Å². The van der Waals surface area contributed by atoms with Crippen molar-refractivity contribution in [2.75, 3.05) is 56.2 Å². The fourth-order valence-electron chi connectivity index (χ4n) is 6.57. The van der Waals surface area contributed by atoms with Crippen LogP contribution in [0, 0.1) is 17.1 Å². The standard InChI is InChI=1S/C32H35ClFN7O2/c1-3-28(42)41-17-16-40(18-22(41)11-13-35)31-24-12-15-39(27-8-4-6-21-9-10-25(34)30(33)29(21)27)19-26(24)36-32(37-31)43-20-23-7-5-14-38(23)2/h3-4,6,8-10,22-23H,1,5,7,11-12,14-20H2,2H3/t22-,23-/m0/s1. The Hall–Kier alpha value is -3.94. The van der Waals surface area contributed by atoms with Crippen molar-refractivity contribution >= 4 is 39.8 Å². The predicted molar refractivity (Wildman–Crippen MR) is 165 cm³/mol. The first-order valence-corrected chi connectivity index (χ1v) is 15.1. The third-order valence-electron chi connectivity index (χ3n) is 8.92. The van der Waals surface area contributed by atoms with Gasteiger partial charge in [-0.3, -0.25) is 4.79 Å². The van der Waals surface area contributed by atoms with Gasteiger partial charge in [-0.05, 0) is 56.4 Å². The van der Waals surface area contributed by atoms with E-state index < -0.39 is 5.82 Å². The van der Waals surface area contributed by atoms with Crippen LogP contribution in [-0.4, -0.2) is 84.1 Å². The number of nitriles is 1. The van der Waals surface area contributed by atoms with Gasteiger partial charge in [0.05, 0.1) is 35.8 Å². The van der Waals surface area contributed by atoms with Gasteiger partial charge in [0.1, 0.15) is 18.2 Å². The number of fused-ring (bicyclic) bond motifs is 2. The van der Waals surface area contributed by atoms with Crippen molar-refractivity contribution in [1.82, 2.24) is 19.8 Å². The molecule has 11 heteroatoms. The molecule has 9 nitrogen and oxygen atoms in total. The molecule has 43 heavy (non-hydrogen) atoms. The van der Waals surface area contributed by atoms with Crippen molar-refractivity contribution in [3.8, 4) is 12.1 Å². The number of anilines is 2. The number of carbonyl (C=O) groups is 1. The summed E-state index contributed by atoms with van der Waals surface area (Å²) in [5.74, 6) is 0.169. The molecule has 1 aromatic heterocycles. The van der Waals surface area contributed by atoms with E-state index in [2.05, 4.69) is 34.4 Å². The summed E-state index contributed by atoms with van der Waals surface area (Å²) in [6, 6.07) is 11.6. The van der Waals surface area contributed by atoms with Gasteiger partial charge in [0, 0.05) is 48.9 Å². The highest BCUT2D eigenvalue weighted by Gasteiger charge is 2.34. The van der Waals surface area contributed by atoms with Gasteiger partial charge < -0.3 is 24.3 Å². The van der Waals surface area contributed by atoms with Gasteiger partial charge in [0.15, 0.2) is 0 Å². The van der Waals surface area contributed by atoms with Crippen LogP contribution in [0.4, 0.5) is 15.9 Å². The molecule has 3 aliphatic heterocycles. The molecule has 1 amide bonds. The zero-order valence-electron chi connectivity index (χ0n) is 24.3. The minimum absolute atomic E-state index is 0.113. The number of likely N-dealkylation sites (tertiary alicyclic amines) is 1. The van der Waals surface area contributed by atoms with Crippen LogP contribution in [-0.2, 0) is 17.8 Å². The van der Waals surface area contributed by atoms with Crippen LogP contribution in [0.15, 0.2) is 43.0 Å². The number of hydrogen-bond donors (Lipinski definition) is 0. The number of aromatic nitrogens is 2. The molecule has 2 aromatic carbocycles. The summed E-state index contributed by atoms with van der Waals surface area (Å²) in [6.45, 7) is 7.82. The molecule has 2 atom stereocenters. The highest BCUT2D eigenvalue weighted by atomic mass is 35.5. The third kappa shape index (κ3) is 5.71. The van der Waals surface area contributed by atoms with Crippen molar-refractivity contribution < 1.29 is 13.9 Å². The highest BCUT2D eigenvalue weighted by Crippen LogP contribution is 2.38. The number of likely N-dealkylation sites (N-methyl/N-ethyl adjacent to an activating group) is 1. The summed E-state index contributed by atoms with van der Waals surface area (Å²) < 4.78 is 20.8. The van der Waals surface area contributed by atoms with E-state index >= 15 is 0 Å². The molecule has 6 rings (SSSR count). The average Bonchev–Trinajstić information content (AvgIpc) is 3.44. The maximum Gasteiger partial charge on any atom is 0.318 e. The van der Waals surface area contributed by atoms with Gasteiger partial charge in [-0.2, -0.15) is 15.2 Å². The van der Waals surface area contributed by atoms with Crippen LogP contribution < -0.4 is 14.5 Å². The fourth-order valence-corrected chi connectivity index (χ4v) is 6.84. The molecule has 4 heterocycles. The fraction of sp³-hybridized carbons (Fsp3) is 0.438. The zero-order chi connectivity index (χ0) is 30.1. The molecule has 0 aliphatic carbocycles. The van der Waals surface area contributed by atoms with Crippen molar-refractivity contribution in [2.45, 2.75) is 44.3 Å². The monoisotopic (exact) mass is 603 g/mol. The Balaban J connectivity index is 1.35. The zero-order valence-corrected chi connectivity index (χ0v) is 25.1. The molecule has 0 saturated carbocycles. The minimum atomic E-state index is -0.447. The van der Waals surface area contributed by atoms with E-state index in [1.807, 2.05) is 18.2 Å². The van der Waals surface area contributed by atoms with Crippen molar-refractivity contribution in [3.05, 3.63) is 65.1 Å². The Morgan fingerprint density at radius 3 is 2.81 bits per heavy atom. The Kier molecular flexibility index (Phi) is 8.37. The third-order valence-corrected chi connectivity index (χ3v) is 9.29. The second-order valence-corrected chi connectivity index (χ2v) is 11.8. The second-order valence-electron chi connectivity index (χ2n) is 11.4. The lowest BCUT2D eigenvalue weighted by atomic mass is 10.0. The van der Waals surface area contributed by atoms with E-state index in [0.717, 1.165) is 47.5 Å². The maximum atomic E-state index is 14.5. The highest BCUT2D eigenvalue weighted by molar-refractivity contribution is 6.36. The van der Waals surface area contributed by atoms with Gasteiger partial charge >= 0.3 is 6.01 Å². The van der Waals surface area contributed by atoms with E-state index in [1.165, 1.54) is 12.1 Å². The summed E-state index contributed by atoms with van der Waals surface area (Å²) in [7, 11) is 2.11. The molecular formula is C32H35ClFN7O2. The molecule has 224 valence electrons. The molecule has 2 fully saturated rings. The van der Waals surface area contributed by atoms with Crippen LogP contribution in [0.2, 0.25) is 5.02 Å². The largest absolute Gasteiger partial charge is 0.462 e. The second kappa shape index (κ2) is 12.3. The summed E-state index contributed by atoms with van der Waals surface area (Å²) in [4.78, 5) is 30.7. The van der Waals surface area contributed by atoms with Crippen LogP contribution in [0.3, 0.4) is 0 Å². The Morgan fingerprint density at radius 2 is 2.05 bits per heavy atom. The molecule has 0 spiro atoms. The lowest BCUT2D eigenvalue weighted by molar-refractivity contribution is -0.128. The Bertz CT molecular complexity index is 1590. The molecule has 3 aromatic rings. The van der Waals surface area contributed by atoms with E-state index in [4.69, 9.17) is 26.3 Å².